The van der Waals surface area contributed by atoms with Crippen molar-refractivity contribution in [3.63, 3.8) is 0 Å². The first-order chi connectivity index (χ1) is 11.6. The van der Waals surface area contributed by atoms with Gasteiger partial charge in [0.15, 0.2) is 0 Å². The van der Waals surface area contributed by atoms with Crippen LogP contribution in [0.25, 0.3) is 5.65 Å². The van der Waals surface area contributed by atoms with Crippen LogP contribution in [-0.4, -0.2) is 19.2 Å². The average Bonchev–Trinajstić information content (AvgIpc) is 2.56. The molecule has 0 N–H and O–H groups in total. The van der Waals surface area contributed by atoms with Crippen LogP contribution in [0.1, 0.15) is 35.4 Å². The molecule has 4 rings (SSSR count). The van der Waals surface area contributed by atoms with E-state index in [1.165, 1.54) is 15.1 Å². The number of nitrogens with zero attached hydrogens (tertiary/aromatic N) is 4. The van der Waals surface area contributed by atoms with Crippen molar-refractivity contribution < 1.29 is 0 Å². The van der Waals surface area contributed by atoms with Gasteiger partial charge < -0.3 is 0 Å². The van der Waals surface area contributed by atoms with Crippen molar-refractivity contribution in [2.24, 2.45) is 0 Å². The minimum atomic E-state index is -0.148. The van der Waals surface area contributed by atoms with E-state index in [4.69, 9.17) is 0 Å². The maximum atomic E-state index is 12.3. The lowest BCUT2D eigenvalue weighted by molar-refractivity contribution is 0.569. The number of fused-ring (bicyclic) bond motifs is 2. The first-order valence-corrected chi connectivity index (χ1v) is 8.19. The Balaban J connectivity index is 1.76. The second-order valence-electron chi connectivity index (χ2n) is 6.34. The monoisotopic (exact) mass is 322 g/mol. The van der Waals surface area contributed by atoms with Crippen molar-refractivity contribution >= 4 is 5.65 Å². The quantitative estimate of drug-likeness (QED) is 0.717. The number of aromatic nitrogens is 4. The second kappa shape index (κ2) is 5.70. The minimum Gasteiger partial charge on any atom is -0.269 e. The predicted molar refractivity (Wildman–Crippen MR) is 90.4 cm³/mol. The zero-order valence-electron chi connectivity index (χ0n) is 13.5. The van der Waals surface area contributed by atoms with Crippen molar-refractivity contribution in [3.05, 3.63) is 73.7 Å². The highest BCUT2D eigenvalue weighted by Gasteiger charge is 2.14. The molecule has 6 heteroatoms. The summed E-state index contributed by atoms with van der Waals surface area (Å²) in [7, 11) is 0. The number of hydrogen-bond donors (Lipinski definition) is 0. The molecule has 3 aromatic heterocycles. The maximum Gasteiger partial charge on any atom is 0.267 e. The molecule has 3 heterocycles. The Morgan fingerprint density at radius 3 is 2.79 bits per heavy atom. The van der Waals surface area contributed by atoms with Gasteiger partial charge in [0.1, 0.15) is 5.65 Å². The molecule has 0 aromatic carbocycles. The number of hydrogen-bond acceptors (Lipinski definition) is 4. The van der Waals surface area contributed by atoms with Crippen LogP contribution in [0.3, 0.4) is 0 Å². The maximum absolute atomic E-state index is 12.3. The highest BCUT2D eigenvalue weighted by atomic mass is 16.1. The van der Waals surface area contributed by atoms with Crippen LogP contribution in [-0.2, 0) is 19.4 Å². The van der Waals surface area contributed by atoms with Gasteiger partial charge in [-0.3, -0.25) is 14.0 Å². The van der Waals surface area contributed by atoms with Crippen molar-refractivity contribution in [2.45, 2.75) is 39.2 Å². The van der Waals surface area contributed by atoms with E-state index in [9.17, 15) is 9.59 Å². The Hall–Kier alpha value is -2.76. The summed E-state index contributed by atoms with van der Waals surface area (Å²) in [5.41, 5.74) is 3.89. The number of pyridine rings is 1. The van der Waals surface area contributed by atoms with E-state index in [-0.39, 0.29) is 17.7 Å². The lowest BCUT2D eigenvalue weighted by Crippen LogP contribution is -2.28. The Morgan fingerprint density at radius 1 is 1.08 bits per heavy atom. The van der Waals surface area contributed by atoms with E-state index in [1.54, 1.807) is 12.3 Å². The molecule has 1 aliphatic carbocycles. The largest absolute Gasteiger partial charge is 0.269 e. The molecule has 0 amide bonds. The summed E-state index contributed by atoms with van der Waals surface area (Å²) in [6.45, 7) is 2.14. The Labute approximate surface area is 138 Å². The zero-order chi connectivity index (χ0) is 16.7. The summed E-state index contributed by atoms with van der Waals surface area (Å²) >= 11 is 0. The molecule has 6 nitrogen and oxygen atoms in total. The molecule has 0 saturated heterocycles. The second-order valence-corrected chi connectivity index (χ2v) is 6.34. The van der Waals surface area contributed by atoms with Gasteiger partial charge in [0, 0.05) is 18.3 Å². The highest BCUT2D eigenvalue weighted by molar-refractivity contribution is 5.40. The van der Waals surface area contributed by atoms with Crippen LogP contribution in [0.15, 0.2) is 40.1 Å². The standard InChI is InChI=1S/C18H18N4O2/c1-12-6-7-16-19-14(9-17(23)21(16)10-12)11-22-18(24)8-13-4-2-3-5-15(13)20-22/h6-10H,2-5,11H2,1H3. The van der Waals surface area contributed by atoms with Gasteiger partial charge in [-0.25, -0.2) is 9.67 Å². The van der Waals surface area contributed by atoms with Crippen LogP contribution in [0, 0.1) is 6.92 Å². The molecule has 0 atom stereocenters. The number of rotatable bonds is 2. The van der Waals surface area contributed by atoms with E-state index >= 15 is 0 Å². The minimum absolute atomic E-state index is 0.137. The molecule has 24 heavy (non-hydrogen) atoms. The van der Waals surface area contributed by atoms with Gasteiger partial charge in [-0.15, -0.1) is 0 Å². The Kier molecular flexibility index (Phi) is 3.52. The van der Waals surface area contributed by atoms with E-state index in [1.807, 2.05) is 19.1 Å². The van der Waals surface area contributed by atoms with Gasteiger partial charge in [-0.2, -0.15) is 5.10 Å². The summed E-state index contributed by atoms with van der Waals surface area (Å²) in [6, 6.07) is 6.87. The molecule has 0 aliphatic heterocycles. The fraction of sp³-hybridized carbons (Fsp3) is 0.333. The molecule has 0 unspecified atom stereocenters. The molecule has 1 aliphatic rings. The van der Waals surface area contributed by atoms with E-state index in [0.29, 0.717) is 11.3 Å². The van der Waals surface area contributed by atoms with Crippen molar-refractivity contribution in [3.8, 4) is 0 Å². The summed E-state index contributed by atoms with van der Waals surface area (Å²) in [4.78, 5) is 29.0. The molecule has 0 saturated carbocycles. The molecular weight excluding hydrogens is 304 g/mol. The Bertz CT molecular complexity index is 1050. The van der Waals surface area contributed by atoms with E-state index in [0.717, 1.165) is 42.5 Å². The highest BCUT2D eigenvalue weighted by Crippen LogP contribution is 2.17. The SMILES string of the molecule is Cc1ccc2nc(Cn3nc4c(cc3=O)CCCC4)cc(=O)n2c1. The van der Waals surface area contributed by atoms with Crippen LogP contribution in [0.5, 0.6) is 0 Å². The van der Waals surface area contributed by atoms with Crippen molar-refractivity contribution in [2.75, 3.05) is 0 Å². The lowest BCUT2D eigenvalue weighted by atomic mass is 9.97. The van der Waals surface area contributed by atoms with Gasteiger partial charge in [0.2, 0.25) is 0 Å². The fourth-order valence-corrected chi connectivity index (χ4v) is 3.21. The summed E-state index contributed by atoms with van der Waals surface area (Å²) in [5.74, 6) is 0. The normalized spacial score (nSPS) is 13.9. The Morgan fingerprint density at radius 2 is 1.92 bits per heavy atom. The van der Waals surface area contributed by atoms with Gasteiger partial charge in [-0.1, -0.05) is 6.07 Å². The third-order valence-electron chi connectivity index (χ3n) is 4.45. The van der Waals surface area contributed by atoms with Crippen LogP contribution >= 0.6 is 0 Å². The fourth-order valence-electron chi connectivity index (χ4n) is 3.21. The van der Waals surface area contributed by atoms with Crippen molar-refractivity contribution in [1.29, 1.82) is 0 Å². The third-order valence-corrected chi connectivity index (χ3v) is 4.45. The van der Waals surface area contributed by atoms with Crippen molar-refractivity contribution in [1.82, 2.24) is 19.2 Å². The third kappa shape index (κ3) is 2.64. The molecule has 0 bridgehead atoms. The van der Waals surface area contributed by atoms with E-state index in [2.05, 4.69) is 10.1 Å². The number of aryl methyl sites for hydroxylation is 3. The molecule has 122 valence electrons. The van der Waals surface area contributed by atoms with Crippen LogP contribution in [0.4, 0.5) is 0 Å². The predicted octanol–water partition coefficient (Wildman–Crippen LogP) is 1.49. The van der Waals surface area contributed by atoms with Gasteiger partial charge >= 0.3 is 0 Å². The molecule has 0 radical (unpaired) electrons. The van der Waals surface area contributed by atoms with Crippen LogP contribution < -0.4 is 11.1 Å². The average molecular weight is 322 g/mol. The lowest BCUT2D eigenvalue weighted by Gasteiger charge is -2.15. The zero-order valence-corrected chi connectivity index (χ0v) is 13.5. The molecule has 3 aromatic rings. The smallest absolute Gasteiger partial charge is 0.267 e. The van der Waals surface area contributed by atoms with Gasteiger partial charge in [0.25, 0.3) is 11.1 Å². The summed E-state index contributed by atoms with van der Waals surface area (Å²) in [6.07, 6.45) is 5.81. The molecule has 0 fully saturated rings. The van der Waals surface area contributed by atoms with E-state index < -0.39 is 0 Å². The topological polar surface area (TPSA) is 69.3 Å². The van der Waals surface area contributed by atoms with Crippen LogP contribution in [0.2, 0.25) is 0 Å². The van der Waals surface area contributed by atoms with Gasteiger partial charge in [0.05, 0.1) is 17.9 Å². The van der Waals surface area contributed by atoms with Gasteiger partial charge in [-0.05, 0) is 49.8 Å². The first kappa shape index (κ1) is 14.8. The first-order valence-electron chi connectivity index (χ1n) is 8.19. The molecular formula is C18H18N4O2. The summed E-state index contributed by atoms with van der Waals surface area (Å²) < 4.78 is 2.93. The molecule has 0 spiro atoms. The summed E-state index contributed by atoms with van der Waals surface area (Å²) in [5, 5.41) is 4.49.